The predicted octanol–water partition coefficient (Wildman–Crippen LogP) is 1.76. The fourth-order valence-corrected chi connectivity index (χ4v) is 5.00. The van der Waals surface area contributed by atoms with E-state index in [-0.39, 0.29) is 11.7 Å². The number of hydrogen-bond acceptors (Lipinski definition) is 4. The van der Waals surface area contributed by atoms with Gasteiger partial charge in [-0.3, -0.25) is 4.68 Å². The first kappa shape index (κ1) is 16.4. The maximum absolute atomic E-state index is 12.5. The molecule has 0 N–H and O–H groups in total. The van der Waals surface area contributed by atoms with Gasteiger partial charge in [0.2, 0.25) is 10.0 Å². The number of hydrogen-bond donors (Lipinski definition) is 0. The van der Waals surface area contributed by atoms with E-state index in [1.807, 2.05) is 6.92 Å². The molecule has 2 atom stereocenters. The van der Waals surface area contributed by atoms with Crippen molar-refractivity contribution < 1.29 is 8.42 Å². The quantitative estimate of drug-likeness (QED) is 0.769. The van der Waals surface area contributed by atoms with Crippen molar-refractivity contribution in [3.63, 3.8) is 0 Å². The highest BCUT2D eigenvalue weighted by atomic mass is 32.2. The van der Waals surface area contributed by atoms with Crippen molar-refractivity contribution in [3.05, 3.63) is 12.7 Å². The Balaban J connectivity index is 1.93. The lowest BCUT2D eigenvalue weighted by Crippen LogP contribution is -2.43. The van der Waals surface area contributed by atoms with Crippen LogP contribution in [-0.2, 0) is 16.6 Å². The van der Waals surface area contributed by atoms with Crippen molar-refractivity contribution in [2.45, 2.75) is 46.1 Å². The monoisotopic (exact) mass is 314 g/mol. The zero-order valence-corrected chi connectivity index (χ0v) is 13.8. The number of aromatic nitrogens is 3. The van der Waals surface area contributed by atoms with Gasteiger partial charge in [0, 0.05) is 19.6 Å². The van der Waals surface area contributed by atoms with Gasteiger partial charge in [-0.15, -0.1) is 0 Å². The second-order valence-corrected chi connectivity index (χ2v) is 8.17. The molecule has 0 radical (unpaired) electrons. The van der Waals surface area contributed by atoms with Crippen LogP contribution in [0.2, 0.25) is 0 Å². The number of nitrogens with zero attached hydrogens (tertiary/aromatic N) is 4. The molecular formula is C14H26N4O2S. The van der Waals surface area contributed by atoms with Crippen LogP contribution in [0.3, 0.4) is 0 Å². The summed E-state index contributed by atoms with van der Waals surface area (Å²) in [5.41, 5.74) is 0. The van der Waals surface area contributed by atoms with Crippen LogP contribution >= 0.6 is 0 Å². The molecule has 7 heteroatoms. The zero-order chi connectivity index (χ0) is 15.3. The highest BCUT2D eigenvalue weighted by Gasteiger charge is 2.30. The van der Waals surface area contributed by atoms with E-state index in [0.717, 1.165) is 32.2 Å². The van der Waals surface area contributed by atoms with Crippen LogP contribution < -0.4 is 0 Å². The molecule has 0 bridgehead atoms. The second-order valence-electron chi connectivity index (χ2n) is 6.16. The van der Waals surface area contributed by atoms with Gasteiger partial charge in [0.1, 0.15) is 12.7 Å². The molecule has 2 heterocycles. The van der Waals surface area contributed by atoms with Crippen LogP contribution in [0.1, 0.15) is 39.5 Å². The summed E-state index contributed by atoms with van der Waals surface area (Å²) in [4.78, 5) is 3.94. The fraction of sp³-hybridized carbons (Fsp3) is 0.857. The molecule has 1 fully saturated rings. The fourth-order valence-electron chi connectivity index (χ4n) is 3.06. The standard InChI is InChI=1S/C14H26N4O2S/c1-3-5-13(2)10-21(19,20)18-7-4-6-14(9-18)8-17-12-15-11-16-17/h11-14H,3-10H2,1-2H3/t13-,14+/m1/s1. The Bertz CT molecular complexity index is 515. The lowest BCUT2D eigenvalue weighted by atomic mass is 10.00. The Morgan fingerprint density at radius 3 is 2.90 bits per heavy atom. The summed E-state index contributed by atoms with van der Waals surface area (Å²) in [5, 5.41) is 4.11. The summed E-state index contributed by atoms with van der Waals surface area (Å²) in [7, 11) is -3.13. The molecule has 0 aliphatic carbocycles. The van der Waals surface area contributed by atoms with Gasteiger partial charge in [0.05, 0.1) is 5.75 Å². The molecule has 21 heavy (non-hydrogen) atoms. The molecule has 120 valence electrons. The topological polar surface area (TPSA) is 68.1 Å². The van der Waals surface area contributed by atoms with Gasteiger partial charge >= 0.3 is 0 Å². The summed E-state index contributed by atoms with van der Waals surface area (Å²) in [6.45, 7) is 6.14. The third-order valence-electron chi connectivity index (χ3n) is 4.06. The van der Waals surface area contributed by atoms with Crippen LogP contribution in [0, 0.1) is 11.8 Å². The predicted molar refractivity (Wildman–Crippen MR) is 82.2 cm³/mol. The summed E-state index contributed by atoms with van der Waals surface area (Å²) in [5.74, 6) is 0.837. The van der Waals surface area contributed by atoms with Gasteiger partial charge in [0.15, 0.2) is 0 Å². The minimum atomic E-state index is -3.13. The van der Waals surface area contributed by atoms with E-state index in [1.165, 1.54) is 6.33 Å². The molecular weight excluding hydrogens is 288 g/mol. The molecule has 0 saturated carbocycles. The first-order valence-corrected chi connectivity index (χ1v) is 9.42. The summed E-state index contributed by atoms with van der Waals surface area (Å²) in [6.07, 6.45) is 7.19. The largest absolute Gasteiger partial charge is 0.253 e. The molecule has 2 rings (SSSR count). The molecule has 1 aliphatic heterocycles. The van der Waals surface area contributed by atoms with Gasteiger partial charge in [-0.25, -0.2) is 17.7 Å². The average Bonchev–Trinajstić information content (AvgIpc) is 2.91. The van der Waals surface area contributed by atoms with Gasteiger partial charge < -0.3 is 0 Å². The van der Waals surface area contributed by atoms with E-state index in [2.05, 4.69) is 17.0 Å². The van der Waals surface area contributed by atoms with Gasteiger partial charge in [-0.05, 0) is 31.1 Å². The molecule has 0 amide bonds. The van der Waals surface area contributed by atoms with Crippen molar-refractivity contribution in [1.29, 1.82) is 0 Å². The van der Waals surface area contributed by atoms with Gasteiger partial charge in [0.25, 0.3) is 0 Å². The van der Waals surface area contributed by atoms with Gasteiger partial charge in [-0.2, -0.15) is 5.10 Å². The molecule has 0 unspecified atom stereocenters. The van der Waals surface area contributed by atoms with Crippen LogP contribution in [0.4, 0.5) is 0 Å². The highest BCUT2D eigenvalue weighted by molar-refractivity contribution is 7.89. The lowest BCUT2D eigenvalue weighted by molar-refractivity contribution is 0.238. The molecule has 0 spiro atoms. The Morgan fingerprint density at radius 1 is 1.43 bits per heavy atom. The SMILES string of the molecule is CCC[C@@H](C)CS(=O)(=O)N1CCC[C@@H](Cn2cncn2)C1. The average molecular weight is 314 g/mol. The maximum atomic E-state index is 12.5. The zero-order valence-electron chi connectivity index (χ0n) is 13.0. The first-order valence-electron chi connectivity index (χ1n) is 7.81. The van der Waals surface area contributed by atoms with E-state index < -0.39 is 10.0 Å². The summed E-state index contributed by atoms with van der Waals surface area (Å²) >= 11 is 0. The van der Waals surface area contributed by atoms with E-state index in [9.17, 15) is 8.42 Å². The number of sulfonamides is 1. The van der Waals surface area contributed by atoms with Gasteiger partial charge in [-0.1, -0.05) is 20.3 Å². The van der Waals surface area contributed by atoms with Crippen molar-refractivity contribution in [3.8, 4) is 0 Å². The third kappa shape index (κ3) is 4.78. The smallest absolute Gasteiger partial charge is 0.214 e. The Morgan fingerprint density at radius 2 is 2.24 bits per heavy atom. The maximum Gasteiger partial charge on any atom is 0.214 e. The molecule has 1 aromatic rings. The molecule has 0 aromatic carbocycles. The van der Waals surface area contributed by atoms with E-state index in [4.69, 9.17) is 0 Å². The minimum Gasteiger partial charge on any atom is -0.253 e. The Kier molecular flexibility index (Phi) is 5.75. The number of piperidine rings is 1. The Labute approximate surface area is 127 Å². The van der Waals surface area contributed by atoms with Crippen molar-refractivity contribution >= 4 is 10.0 Å². The lowest BCUT2D eigenvalue weighted by Gasteiger charge is -2.32. The molecule has 1 aliphatic rings. The number of rotatable bonds is 7. The van der Waals surface area contributed by atoms with E-state index in [0.29, 0.717) is 19.0 Å². The van der Waals surface area contributed by atoms with Crippen LogP contribution in [0.5, 0.6) is 0 Å². The van der Waals surface area contributed by atoms with Crippen LogP contribution in [0.15, 0.2) is 12.7 Å². The molecule has 1 aromatic heterocycles. The Hall–Kier alpha value is -0.950. The van der Waals surface area contributed by atoms with Crippen LogP contribution in [-0.4, -0.2) is 46.3 Å². The van der Waals surface area contributed by atoms with Crippen molar-refractivity contribution in [1.82, 2.24) is 19.1 Å². The molecule has 6 nitrogen and oxygen atoms in total. The first-order chi connectivity index (χ1) is 10.0. The third-order valence-corrected chi connectivity index (χ3v) is 6.17. The summed E-state index contributed by atoms with van der Waals surface area (Å²) in [6, 6.07) is 0. The highest BCUT2D eigenvalue weighted by Crippen LogP contribution is 2.22. The molecule has 1 saturated heterocycles. The van der Waals surface area contributed by atoms with Crippen molar-refractivity contribution in [2.75, 3.05) is 18.8 Å². The van der Waals surface area contributed by atoms with Crippen molar-refractivity contribution in [2.24, 2.45) is 11.8 Å². The second kappa shape index (κ2) is 7.35. The van der Waals surface area contributed by atoms with Crippen LogP contribution in [0.25, 0.3) is 0 Å². The normalized spacial score (nSPS) is 22.3. The van der Waals surface area contributed by atoms with E-state index in [1.54, 1.807) is 15.3 Å². The van der Waals surface area contributed by atoms with E-state index >= 15 is 0 Å². The summed E-state index contributed by atoms with van der Waals surface area (Å²) < 4.78 is 28.5. The minimum absolute atomic E-state index is 0.232.